The number of benzene rings is 1. The van der Waals surface area contributed by atoms with Crippen LogP contribution in [-0.2, 0) is 5.88 Å². The van der Waals surface area contributed by atoms with Gasteiger partial charge in [0.25, 0.3) is 0 Å². The highest BCUT2D eigenvalue weighted by molar-refractivity contribution is 6.16. The van der Waals surface area contributed by atoms with E-state index in [1.807, 2.05) is 0 Å². The van der Waals surface area contributed by atoms with Crippen molar-refractivity contribution < 1.29 is 0 Å². The van der Waals surface area contributed by atoms with E-state index >= 15 is 0 Å². The van der Waals surface area contributed by atoms with Crippen LogP contribution in [0, 0.1) is 18.8 Å². The molecule has 0 saturated heterocycles. The number of aromatic nitrogens is 2. The van der Waals surface area contributed by atoms with Crippen molar-refractivity contribution in [2.45, 2.75) is 58.4 Å². The zero-order valence-electron chi connectivity index (χ0n) is 13.3. The summed E-state index contributed by atoms with van der Waals surface area (Å²) in [6.07, 6.45) is 5.27. The third-order valence-corrected chi connectivity index (χ3v) is 5.32. The van der Waals surface area contributed by atoms with E-state index in [4.69, 9.17) is 16.6 Å². The molecule has 1 fully saturated rings. The topological polar surface area (TPSA) is 17.8 Å². The summed E-state index contributed by atoms with van der Waals surface area (Å²) in [5, 5.41) is 0. The number of para-hydroxylation sites is 1. The summed E-state index contributed by atoms with van der Waals surface area (Å²) in [5.74, 6) is 2.98. The molecular weight excluding hydrogens is 280 g/mol. The summed E-state index contributed by atoms with van der Waals surface area (Å²) in [6, 6.07) is 7.04. The van der Waals surface area contributed by atoms with Gasteiger partial charge in [0.2, 0.25) is 0 Å². The molecule has 2 aromatic rings. The maximum Gasteiger partial charge on any atom is 0.125 e. The molecule has 2 atom stereocenters. The highest BCUT2D eigenvalue weighted by atomic mass is 35.5. The SMILES string of the molecule is Cc1cccc2c1nc(CCl)n2C1CCCCC1C(C)C. The van der Waals surface area contributed by atoms with Crippen LogP contribution in [-0.4, -0.2) is 9.55 Å². The zero-order valence-corrected chi connectivity index (χ0v) is 14.0. The van der Waals surface area contributed by atoms with Crippen molar-refractivity contribution in [3.05, 3.63) is 29.6 Å². The molecule has 1 aromatic heterocycles. The number of aryl methyl sites for hydroxylation is 1. The molecule has 114 valence electrons. The van der Waals surface area contributed by atoms with Crippen molar-refractivity contribution in [1.82, 2.24) is 9.55 Å². The second-order valence-corrected chi connectivity index (χ2v) is 7.00. The fourth-order valence-corrected chi connectivity index (χ4v) is 4.20. The lowest BCUT2D eigenvalue weighted by atomic mass is 9.77. The van der Waals surface area contributed by atoms with E-state index in [0.29, 0.717) is 17.8 Å². The van der Waals surface area contributed by atoms with Gasteiger partial charge in [-0.25, -0.2) is 4.98 Å². The lowest BCUT2D eigenvalue weighted by Crippen LogP contribution is -2.28. The molecule has 0 spiro atoms. The van der Waals surface area contributed by atoms with Gasteiger partial charge in [0.05, 0.1) is 16.9 Å². The fraction of sp³-hybridized carbons (Fsp3) is 0.611. The van der Waals surface area contributed by atoms with E-state index < -0.39 is 0 Å². The summed E-state index contributed by atoms with van der Waals surface area (Å²) in [5.41, 5.74) is 3.64. The van der Waals surface area contributed by atoms with E-state index in [9.17, 15) is 0 Å². The first kappa shape index (κ1) is 14.9. The minimum Gasteiger partial charge on any atom is -0.324 e. The monoisotopic (exact) mass is 304 g/mol. The molecule has 1 aliphatic rings. The van der Waals surface area contributed by atoms with Crippen LogP contribution in [0.4, 0.5) is 0 Å². The standard InChI is InChI=1S/C18H25ClN2/c1-12(2)14-8-4-5-9-15(14)21-16-10-6-7-13(3)18(16)20-17(21)11-19/h6-7,10,12,14-15H,4-5,8-9,11H2,1-3H3. The molecule has 3 heteroatoms. The quantitative estimate of drug-likeness (QED) is 0.687. The second kappa shape index (κ2) is 6.00. The third kappa shape index (κ3) is 2.59. The average molecular weight is 305 g/mol. The van der Waals surface area contributed by atoms with Gasteiger partial charge < -0.3 is 4.57 Å². The van der Waals surface area contributed by atoms with Crippen molar-refractivity contribution in [2.75, 3.05) is 0 Å². The number of imidazole rings is 1. The number of halogens is 1. The van der Waals surface area contributed by atoms with E-state index in [1.54, 1.807) is 0 Å². The van der Waals surface area contributed by atoms with Crippen molar-refractivity contribution in [3.8, 4) is 0 Å². The van der Waals surface area contributed by atoms with Crippen molar-refractivity contribution in [2.24, 2.45) is 11.8 Å². The maximum atomic E-state index is 6.22. The predicted octanol–water partition coefficient (Wildman–Crippen LogP) is 5.47. The Labute approximate surface area is 132 Å². The van der Waals surface area contributed by atoms with E-state index in [-0.39, 0.29) is 0 Å². The third-order valence-electron chi connectivity index (χ3n) is 5.08. The molecule has 0 aliphatic heterocycles. The number of nitrogens with zero attached hydrogens (tertiary/aromatic N) is 2. The Morgan fingerprint density at radius 3 is 2.76 bits per heavy atom. The minimum absolute atomic E-state index is 0.495. The molecule has 1 aliphatic carbocycles. The van der Waals surface area contributed by atoms with Gasteiger partial charge in [-0.05, 0) is 43.2 Å². The molecule has 21 heavy (non-hydrogen) atoms. The van der Waals surface area contributed by atoms with Crippen LogP contribution in [0.25, 0.3) is 11.0 Å². The van der Waals surface area contributed by atoms with Gasteiger partial charge in [0, 0.05) is 6.04 Å². The summed E-state index contributed by atoms with van der Waals surface area (Å²) < 4.78 is 2.46. The van der Waals surface area contributed by atoms with Crippen LogP contribution in [0.15, 0.2) is 18.2 Å². The molecule has 3 rings (SSSR count). The van der Waals surface area contributed by atoms with Crippen molar-refractivity contribution in [1.29, 1.82) is 0 Å². The number of rotatable bonds is 3. The number of hydrogen-bond acceptors (Lipinski definition) is 1. The normalized spacial score (nSPS) is 23.1. The molecule has 1 aromatic carbocycles. The molecule has 0 bridgehead atoms. The molecule has 0 radical (unpaired) electrons. The summed E-state index contributed by atoms with van der Waals surface area (Å²) >= 11 is 6.22. The fourth-order valence-electron chi connectivity index (χ4n) is 4.01. The summed E-state index contributed by atoms with van der Waals surface area (Å²) in [7, 11) is 0. The summed E-state index contributed by atoms with van der Waals surface area (Å²) in [6.45, 7) is 6.85. The Morgan fingerprint density at radius 2 is 2.05 bits per heavy atom. The second-order valence-electron chi connectivity index (χ2n) is 6.73. The smallest absolute Gasteiger partial charge is 0.125 e. The molecule has 0 N–H and O–H groups in total. The van der Waals surface area contributed by atoms with Gasteiger partial charge in [-0.1, -0.05) is 38.8 Å². The first-order valence-electron chi connectivity index (χ1n) is 8.16. The minimum atomic E-state index is 0.495. The van der Waals surface area contributed by atoms with Gasteiger partial charge >= 0.3 is 0 Å². The Kier molecular flexibility index (Phi) is 4.26. The summed E-state index contributed by atoms with van der Waals surface area (Å²) in [4.78, 5) is 4.83. The van der Waals surface area contributed by atoms with Gasteiger partial charge in [-0.2, -0.15) is 0 Å². The molecular formula is C18H25ClN2. The zero-order chi connectivity index (χ0) is 15.0. The maximum absolute atomic E-state index is 6.22. The van der Waals surface area contributed by atoms with Gasteiger partial charge in [0.1, 0.15) is 5.82 Å². The highest BCUT2D eigenvalue weighted by Crippen LogP contribution is 2.41. The molecule has 1 heterocycles. The number of alkyl halides is 1. The van der Waals surface area contributed by atoms with Crippen LogP contribution in [0.5, 0.6) is 0 Å². The highest BCUT2D eigenvalue weighted by Gasteiger charge is 2.31. The molecule has 1 saturated carbocycles. The lowest BCUT2D eigenvalue weighted by Gasteiger charge is -2.36. The van der Waals surface area contributed by atoms with Crippen molar-refractivity contribution in [3.63, 3.8) is 0 Å². The van der Waals surface area contributed by atoms with Gasteiger partial charge in [-0.15, -0.1) is 11.6 Å². The number of fused-ring (bicyclic) bond motifs is 1. The van der Waals surface area contributed by atoms with Crippen LogP contribution in [0.1, 0.15) is 57.0 Å². The van der Waals surface area contributed by atoms with Crippen LogP contribution in [0.3, 0.4) is 0 Å². The molecule has 2 unspecified atom stereocenters. The first-order valence-corrected chi connectivity index (χ1v) is 8.69. The van der Waals surface area contributed by atoms with E-state index in [2.05, 4.69) is 43.5 Å². The van der Waals surface area contributed by atoms with E-state index in [0.717, 1.165) is 17.3 Å². The van der Waals surface area contributed by atoms with Crippen LogP contribution in [0.2, 0.25) is 0 Å². The molecule has 0 amide bonds. The van der Waals surface area contributed by atoms with Crippen LogP contribution >= 0.6 is 11.6 Å². The van der Waals surface area contributed by atoms with Crippen molar-refractivity contribution >= 4 is 22.6 Å². The first-order chi connectivity index (χ1) is 10.1. The largest absolute Gasteiger partial charge is 0.324 e. The predicted molar refractivity (Wildman–Crippen MR) is 89.9 cm³/mol. The lowest BCUT2D eigenvalue weighted by molar-refractivity contribution is 0.185. The Morgan fingerprint density at radius 1 is 1.29 bits per heavy atom. The average Bonchev–Trinajstić information content (AvgIpc) is 2.87. The molecule has 2 nitrogen and oxygen atoms in total. The van der Waals surface area contributed by atoms with Gasteiger partial charge in [-0.3, -0.25) is 0 Å². The Bertz CT molecular complexity index is 629. The number of hydrogen-bond donors (Lipinski definition) is 0. The van der Waals surface area contributed by atoms with E-state index in [1.165, 1.54) is 36.8 Å². The van der Waals surface area contributed by atoms with Gasteiger partial charge in [0.15, 0.2) is 0 Å². The Balaban J connectivity index is 2.15. The Hall–Kier alpha value is -1.02. The van der Waals surface area contributed by atoms with Crippen LogP contribution < -0.4 is 0 Å².